The summed E-state index contributed by atoms with van der Waals surface area (Å²) in [6.45, 7) is 7.12. The number of nitrogens with zero attached hydrogens (tertiary/aromatic N) is 1. The van der Waals surface area contributed by atoms with Gasteiger partial charge in [0.05, 0.1) is 11.4 Å². The molecule has 3 aliphatic carbocycles. The lowest BCUT2D eigenvalue weighted by molar-refractivity contribution is 0.435. The molecule has 5 aliphatic rings. The predicted octanol–water partition coefficient (Wildman–Crippen LogP) is 6.29. The average molecular weight is 494 g/mol. The molecule has 3 aromatic rings. The van der Waals surface area contributed by atoms with E-state index in [1.807, 2.05) is 0 Å². The van der Waals surface area contributed by atoms with Gasteiger partial charge in [-0.2, -0.15) is 0 Å². The van der Waals surface area contributed by atoms with E-state index in [-0.39, 0.29) is 12.1 Å². The number of nitrogens with one attached hydrogen (secondary N) is 1. The van der Waals surface area contributed by atoms with Crippen LogP contribution in [0.25, 0.3) is 0 Å². The number of furan rings is 2. The van der Waals surface area contributed by atoms with Crippen molar-refractivity contribution in [3.63, 3.8) is 0 Å². The van der Waals surface area contributed by atoms with E-state index in [2.05, 4.69) is 43.1 Å². The van der Waals surface area contributed by atoms with E-state index in [9.17, 15) is 0 Å². The highest BCUT2D eigenvalue weighted by molar-refractivity contribution is 6.98. The summed E-state index contributed by atoms with van der Waals surface area (Å²) in [5.41, 5.74) is 13.4. The monoisotopic (exact) mass is 494 g/mol. The third kappa shape index (κ3) is 3.21. The number of aryl methyl sites for hydroxylation is 2. The van der Waals surface area contributed by atoms with Crippen molar-refractivity contribution in [3.8, 4) is 0 Å². The van der Waals surface area contributed by atoms with Crippen LogP contribution < -0.4 is 27.0 Å². The van der Waals surface area contributed by atoms with E-state index in [4.69, 9.17) is 8.83 Å². The first-order chi connectivity index (χ1) is 18.0. The molecule has 4 heterocycles. The lowest BCUT2D eigenvalue weighted by atomic mass is 9.37. The minimum absolute atomic E-state index is 0.0568. The highest BCUT2D eigenvalue weighted by atomic mass is 16.4. The number of hydrogen-bond acceptors (Lipinski definition) is 4. The molecule has 8 rings (SSSR count). The van der Waals surface area contributed by atoms with Gasteiger partial charge in [0.25, 0.3) is 0 Å². The van der Waals surface area contributed by atoms with Crippen molar-refractivity contribution in [2.75, 3.05) is 10.2 Å². The molecule has 2 aromatic heterocycles. The second-order valence-corrected chi connectivity index (χ2v) is 13.3. The van der Waals surface area contributed by atoms with Crippen molar-refractivity contribution in [1.82, 2.24) is 0 Å². The van der Waals surface area contributed by atoms with Gasteiger partial charge in [0.1, 0.15) is 22.8 Å². The molecule has 0 amide bonds. The summed E-state index contributed by atoms with van der Waals surface area (Å²) in [6.07, 6.45) is 15.9. The zero-order valence-corrected chi connectivity index (χ0v) is 22.8. The van der Waals surface area contributed by atoms with Crippen molar-refractivity contribution in [3.05, 3.63) is 40.3 Å². The molecule has 1 aromatic carbocycles. The molecule has 0 spiro atoms. The fourth-order valence-corrected chi connectivity index (χ4v) is 7.99. The van der Waals surface area contributed by atoms with E-state index in [0.29, 0.717) is 6.04 Å². The Morgan fingerprint density at radius 1 is 0.811 bits per heavy atom. The smallest absolute Gasteiger partial charge is 0.342 e. The molecule has 5 heteroatoms. The Labute approximate surface area is 221 Å². The average Bonchev–Trinajstić information content (AvgIpc) is 3.47. The molecule has 0 radical (unpaired) electrons. The summed E-state index contributed by atoms with van der Waals surface area (Å²) >= 11 is 0. The Balaban J connectivity index is 1.43. The van der Waals surface area contributed by atoms with E-state index >= 15 is 0 Å². The third-order valence-corrected chi connectivity index (χ3v) is 9.91. The molecule has 2 aliphatic heterocycles. The first-order valence-electron chi connectivity index (χ1n) is 15.0. The predicted molar refractivity (Wildman–Crippen MR) is 153 cm³/mol. The lowest BCUT2D eigenvalue weighted by Crippen LogP contribution is -2.61. The Bertz CT molecular complexity index is 1400. The minimum Gasteiger partial charge on any atom is -0.473 e. The van der Waals surface area contributed by atoms with Gasteiger partial charge in [-0.1, -0.05) is 40.0 Å². The van der Waals surface area contributed by atoms with Gasteiger partial charge in [-0.25, -0.2) is 0 Å². The number of hydrogen-bond donors (Lipinski definition) is 1. The molecule has 4 nitrogen and oxygen atoms in total. The van der Waals surface area contributed by atoms with Crippen LogP contribution in [-0.2, 0) is 31.1 Å². The van der Waals surface area contributed by atoms with Crippen LogP contribution in [0.2, 0.25) is 0 Å². The normalized spacial score (nSPS) is 20.5. The van der Waals surface area contributed by atoms with Crippen molar-refractivity contribution in [2.45, 2.75) is 116 Å². The second kappa shape index (κ2) is 7.97. The molecular formula is C32H39BN2O2. The van der Waals surface area contributed by atoms with Gasteiger partial charge in [-0.05, 0) is 79.9 Å². The second-order valence-electron chi connectivity index (χ2n) is 13.3. The van der Waals surface area contributed by atoms with Crippen LogP contribution in [0.3, 0.4) is 0 Å². The number of rotatable bonds is 1. The van der Waals surface area contributed by atoms with E-state index < -0.39 is 0 Å². The van der Waals surface area contributed by atoms with Crippen LogP contribution in [0.5, 0.6) is 0 Å². The van der Waals surface area contributed by atoms with Crippen LogP contribution in [-0.4, -0.2) is 12.8 Å². The highest BCUT2D eigenvalue weighted by Crippen LogP contribution is 2.46. The van der Waals surface area contributed by atoms with Gasteiger partial charge in [0.15, 0.2) is 0 Å². The SMILES string of the molecule is CC(C)(C)c1cc2c3c(c1)N(C1CCCCC1)c1c(oc4c1CCCC4)B3c1oc3c(c1N2)CCCC3. The summed E-state index contributed by atoms with van der Waals surface area (Å²) in [7, 11) is 0. The van der Waals surface area contributed by atoms with Crippen LogP contribution in [0.1, 0.15) is 107 Å². The molecule has 1 saturated carbocycles. The first kappa shape index (κ1) is 22.4. The molecule has 1 N–H and O–H groups in total. The molecule has 0 bridgehead atoms. The van der Waals surface area contributed by atoms with Gasteiger partial charge in [0.2, 0.25) is 0 Å². The number of benzene rings is 1. The van der Waals surface area contributed by atoms with Crippen molar-refractivity contribution in [1.29, 1.82) is 0 Å². The van der Waals surface area contributed by atoms with Crippen molar-refractivity contribution >= 4 is 46.2 Å². The first-order valence-corrected chi connectivity index (χ1v) is 15.0. The lowest BCUT2D eigenvalue weighted by Gasteiger charge is -2.43. The van der Waals surface area contributed by atoms with E-state index in [0.717, 1.165) is 31.3 Å². The number of fused-ring (bicyclic) bond motifs is 8. The van der Waals surface area contributed by atoms with Gasteiger partial charge < -0.3 is 19.1 Å². The summed E-state index contributed by atoms with van der Waals surface area (Å²) in [5, 5.41) is 3.95. The quantitative estimate of drug-likeness (QED) is 0.316. The van der Waals surface area contributed by atoms with Crippen molar-refractivity contribution in [2.24, 2.45) is 0 Å². The Kier molecular flexibility index (Phi) is 4.83. The molecular weight excluding hydrogens is 455 g/mol. The topological polar surface area (TPSA) is 41.6 Å². The van der Waals surface area contributed by atoms with Gasteiger partial charge in [-0.3, -0.25) is 0 Å². The fraction of sp³-hybridized carbons (Fsp3) is 0.562. The highest BCUT2D eigenvalue weighted by Gasteiger charge is 2.50. The van der Waals surface area contributed by atoms with E-state index in [1.165, 1.54) is 120 Å². The Morgan fingerprint density at radius 3 is 2.24 bits per heavy atom. The van der Waals surface area contributed by atoms with Crippen LogP contribution in [0, 0.1) is 0 Å². The molecule has 37 heavy (non-hydrogen) atoms. The summed E-state index contributed by atoms with van der Waals surface area (Å²) < 4.78 is 13.8. The van der Waals surface area contributed by atoms with Crippen LogP contribution in [0.4, 0.5) is 22.7 Å². The number of anilines is 4. The maximum atomic E-state index is 6.96. The maximum absolute atomic E-state index is 6.96. The molecule has 0 atom stereocenters. The standard InChI is InChI=1S/C32H39BN2O2/c1-32(2,3)19-17-23-27-24(18-19)35(20-11-5-4-6-12-20)29-22-14-8-10-16-26(22)37-31(29)33(27)30-28(34-23)21-13-7-9-15-25(21)36-30/h17-18,20,34H,4-16H2,1-3H3. The zero-order chi connectivity index (χ0) is 24.9. The van der Waals surface area contributed by atoms with Crippen LogP contribution >= 0.6 is 0 Å². The Morgan fingerprint density at radius 2 is 1.49 bits per heavy atom. The third-order valence-electron chi connectivity index (χ3n) is 9.91. The maximum Gasteiger partial charge on any atom is 0.342 e. The van der Waals surface area contributed by atoms with Gasteiger partial charge >= 0.3 is 6.71 Å². The van der Waals surface area contributed by atoms with Gasteiger partial charge in [0, 0.05) is 41.4 Å². The largest absolute Gasteiger partial charge is 0.473 e. The van der Waals surface area contributed by atoms with Crippen LogP contribution in [0.15, 0.2) is 21.0 Å². The molecule has 1 fully saturated rings. The van der Waals surface area contributed by atoms with E-state index in [1.54, 1.807) is 0 Å². The summed E-state index contributed by atoms with van der Waals surface area (Å²) in [6, 6.07) is 5.51. The Hall–Kier alpha value is -2.56. The fourth-order valence-electron chi connectivity index (χ4n) is 7.99. The van der Waals surface area contributed by atoms with Gasteiger partial charge in [-0.15, -0.1) is 0 Å². The summed E-state index contributed by atoms with van der Waals surface area (Å²) in [5.74, 6) is 2.46. The minimum atomic E-state index is 0.0568. The summed E-state index contributed by atoms with van der Waals surface area (Å²) in [4.78, 5) is 2.77. The molecule has 0 saturated heterocycles. The molecule has 192 valence electrons. The zero-order valence-electron chi connectivity index (χ0n) is 22.8. The molecule has 0 unspecified atom stereocenters. The van der Waals surface area contributed by atoms with Crippen molar-refractivity contribution < 1.29 is 8.83 Å².